The summed E-state index contributed by atoms with van der Waals surface area (Å²) in [6.07, 6.45) is 0.0852. The van der Waals surface area contributed by atoms with Crippen molar-refractivity contribution >= 4 is 257 Å². The van der Waals surface area contributed by atoms with Crippen molar-refractivity contribution in [2.45, 2.75) is 59.3 Å². The smallest absolute Gasteiger partial charge is 0.279 e. The molecule has 0 aliphatic carbocycles. The molecule has 0 fully saturated rings. The van der Waals surface area contributed by atoms with Crippen molar-refractivity contribution in [1.82, 2.24) is 0 Å². The summed E-state index contributed by atoms with van der Waals surface area (Å²) < 4.78 is -10.1. The van der Waals surface area contributed by atoms with Crippen LogP contribution in [0.1, 0.15) is 24.0 Å². The molecular formula is C48H36Cl18OSi2. The van der Waals surface area contributed by atoms with Crippen LogP contribution in [-0.4, -0.2) is 50.2 Å². The van der Waals surface area contributed by atoms with E-state index in [0.29, 0.717) is 0 Å². The van der Waals surface area contributed by atoms with Gasteiger partial charge in [0.05, 0.1) is 0 Å². The van der Waals surface area contributed by atoms with Crippen LogP contribution in [0.15, 0.2) is 170 Å². The first-order chi connectivity index (χ1) is 32.0. The van der Waals surface area contributed by atoms with Crippen molar-refractivity contribution < 1.29 is 4.12 Å². The maximum Gasteiger partial charge on any atom is 0.279 e. The molecule has 0 saturated heterocycles. The Kier molecular flexibility index (Phi) is 19.6. The predicted octanol–water partition coefficient (Wildman–Crippen LogP) is 16.0. The molecule has 0 aliphatic heterocycles. The number of halogens is 18. The molecule has 0 heterocycles. The zero-order valence-corrected chi connectivity index (χ0v) is 50.8. The van der Waals surface area contributed by atoms with Crippen LogP contribution < -0.4 is 31.1 Å². The van der Waals surface area contributed by atoms with Gasteiger partial charge >= 0.3 is 0 Å². The highest BCUT2D eigenvalue weighted by Crippen LogP contribution is 2.64. The number of hydrogen-bond donors (Lipinski definition) is 0. The van der Waals surface area contributed by atoms with E-state index in [2.05, 4.69) is 60.7 Å². The van der Waals surface area contributed by atoms with Gasteiger partial charge in [-0.3, -0.25) is 0 Å². The third-order valence-corrected chi connectivity index (χ3v) is 32.2. The summed E-state index contributed by atoms with van der Waals surface area (Å²) >= 11 is 119. The highest BCUT2D eigenvalue weighted by molar-refractivity contribution is 7.18. The summed E-state index contributed by atoms with van der Waals surface area (Å²) in [4.78, 5) is 0. The minimum atomic E-state index is -3.90. The number of hydrogen-bond acceptors (Lipinski definition) is 1. The van der Waals surface area contributed by atoms with Crippen LogP contribution in [0.5, 0.6) is 0 Å². The van der Waals surface area contributed by atoms with Gasteiger partial charge in [0.2, 0.25) is 7.59 Å². The monoisotopic (exact) mass is 1310 g/mol. The molecule has 0 unspecified atom stereocenters. The molecule has 6 rings (SSSR count). The highest BCUT2D eigenvalue weighted by atomic mass is 35.6. The third-order valence-electron chi connectivity index (χ3n) is 11.7. The molecule has 0 aliphatic rings. The lowest BCUT2D eigenvalue weighted by Crippen LogP contribution is -2.81. The number of rotatable bonds is 18. The van der Waals surface area contributed by atoms with E-state index in [1.165, 1.54) is 0 Å². The molecule has 1 nitrogen and oxygen atoms in total. The van der Waals surface area contributed by atoms with Gasteiger partial charge in [-0.2, -0.15) is 0 Å². The molecular weight excluding hydrogens is 1290 g/mol. The largest absolute Gasteiger partial charge is 0.435 e. The van der Waals surface area contributed by atoms with Crippen LogP contribution in [0.3, 0.4) is 0 Å². The summed E-state index contributed by atoms with van der Waals surface area (Å²) in [7, 11) is -7.80. The van der Waals surface area contributed by atoms with Gasteiger partial charge in [-0.1, -0.05) is 379 Å². The lowest BCUT2D eigenvalue weighted by molar-refractivity contribution is 0.549. The number of benzene rings is 6. The van der Waals surface area contributed by atoms with Gasteiger partial charge in [0.25, 0.3) is 16.6 Å². The van der Waals surface area contributed by atoms with Gasteiger partial charge in [0.15, 0.2) is 26.0 Å². The van der Waals surface area contributed by atoms with E-state index < -0.39 is 50.2 Å². The van der Waals surface area contributed by atoms with Crippen molar-refractivity contribution in [2.24, 2.45) is 0 Å². The van der Waals surface area contributed by atoms with E-state index in [1.807, 2.05) is 109 Å². The van der Waals surface area contributed by atoms with Gasteiger partial charge in [-0.15, -0.1) is 0 Å². The van der Waals surface area contributed by atoms with Crippen LogP contribution >= 0.6 is 209 Å². The Morgan fingerprint density at radius 2 is 0.522 bits per heavy atom. The van der Waals surface area contributed by atoms with Gasteiger partial charge in [0.1, 0.15) is 0 Å². The quantitative estimate of drug-likeness (QED) is 0.0473. The van der Waals surface area contributed by atoms with Crippen molar-refractivity contribution in [1.29, 1.82) is 0 Å². The minimum absolute atomic E-state index is 0.121. The molecule has 0 N–H and O–H groups in total. The molecule has 6 aromatic carbocycles. The Labute approximate surface area is 495 Å². The maximum absolute atomic E-state index is 8.67. The van der Waals surface area contributed by atoms with Crippen LogP contribution in [0.2, 0.25) is 0 Å². The second-order valence-electron chi connectivity index (χ2n) is 15.9. The molecule has 6 aromatic rings. The minimum Gasteiger partial charge on any atom is -0.435 e. The van der Waals surface area contributed by atoms with E-state index in [1.54, 1.807) is 0 Å². The fraction of sp³-hybridized carbons (Fsp3) is 0.250. The lowest BCUT2D eigenvalue weighted by atomic mass is 10.0. The SMILES string of the molecule is ClC(Cl)(Cl)C(Cl)(Cl)C(Cl)(Cl)C(Cl)(Cl)CCc1ccccc1[Si](O[Si](c1ccccc1)(c1ccccc1)c1ccccc1CCC(Cl)(Cl)C(Cl)(Cl)C(Cl)(Cl)C(Cl)(Cl)Cl)(c1ccccc1)c1ccccc1. The number of aryl methyl sites for hydroxylation is 2. The topological polar surface area (TPSA) is 9.23 Å². The fourth-order valence-electron chi connectivity index (χ4n) is 8.10. The van der Waals surface area contributed by atoms with Gasteiger partial charge in [-0.05, 0) is 67.9 Å². The van der Waals surface area contributed by atoms with Gasteiger partial charge in [-0.25, -0.2) is 0 Å². The predicted molar refractivity (Wildman–Crippen MR) is 313 cm³/mol. The zero-order valence-electron chi connectivity index (χ0n) is 35.2. The Morgan fingerprint density at radius 1 is 0.290 bits per heavy atom. The normalized spacial score (nSPS) is 13.9. The zero-order chi connectivity index (χ0) is 51.0. The lowest BCUT2D eigenvalue weighted by Gasteiger charge is -2.46. The first-order valence-corrected chi connectivity index (χ1v) is 31.1. The van der Waals surface area contributed by atoms with Crippen LogP contribution in [0.25, 0.3) is 0 Å². The molecule has 0 amide bonds. The highest BCUT2D eigenvalue weighted by Gasteiger charge is 2.69. The van der Waals surface area contributed by atoms with Gasteiger partial charge < -0.3 is 4.12 Å². The van der Waals surface area contributed by atoms with E-state index in [0.717, 1.165) is 42.2 Å². The summed E-state index contributed by atoms with van der Waals surface area (Å²) in [6.45, 7) is 0. The van der Waals surface area contributed by atoms with E-state index in [-0.39, 0.29) is 25.7 Å². The van der Waals surface area contributed by atoms with E-state index in [9.17, 15) is 0 Å². The molecule has 0 saturated carbocycles. The number of alkyl halides is 18. The second kappa shape index (κ2) is 22.9. The summed E-state index contributed by atoms with van der Waals surface area (Å²) in [5.74, 6) is 0. The molecule has 0 atom stereocenters. The molecule has 0 bridgehead atoms. The standard InChI is InChI=1S/C48H36Cl18OSi2/c49-41(50,43(53,54)45(57,58)47(61,62)63)31-29-33-17-13-15-27-39(33)68(35-19-5-1-6-20-35,36-21-7-2-8-22-36)67-69(37-23-9-3-10-24-37,38-25-11-4-12-26-38)40-28-16-14-18-34(40)30-32-42(51,52)44(55,56)46(59,60)48(64,65)66/h1-28H,29-32H2. The van der Waals surface area contributed by atoms with Crippen LogP contribution in [0.4, 0.5) is 0 Å². The molecule has 0 spiro atoms. The van der Waals surface area contributed by atoms with Gasteiger partial charge in [0, 0.05) is 0 Å². The van der Waals surface area contributed by atoms with E-state index >= 15 is 0 Å². The average Bonchev–Trinajstić information content (AvgIpc) is 3.31. The van der Waals surface area contributed by atoms with Crippen LogP contribution in [0, 0.1) is 0 Å². The Hall–Kier alpha value is 0.934. The second-order valence-corrected chi connectivity index (χ2v) is 35.7. The average molecular weight is 1320 g/mol. The van der Waals surface area contributed by atoms with Crippen molar-refractivity contribution in [3.05, 3.63) is 181 Å². The third kappa shape index (κ3) is 11.6. The Bertz CT molecular complexity index is 2380. The molecule has 0 aromatic heterocycles. The molecule has 368 valence electrons. The first kappa shape index (κ1) is 59.2. The molecule has 69 heavy (non-hydrogen) atoms. The Morgan fingerprint density at radius 3 is 0.768 bits per heavy atom. The van der Waals surface area contributed by atoms with E-state index in [4.69, 9.17) is 213 Å². The molecule has 0 radical (unpaired) electrons. The van der Waals surface area contributed by atoms with Crippen LogP contribution in [-0.2, 0) is 17.0 Å². The van der Waals surface area contributed by atoms with Crippen molar-refractivity contribution in [3.63, 3.8) is 0 Å². The first-order valence-electron chi connectivity index (χ1n) is 20.5. The fourth-order valence-corrected chi connectivity index (χ4v) is 23.6. The Balaban J connectivity index is 1.67. The summed E-state index contributed by atoms with van der Waals surface area (Å²) in [6, 6.07) is 56.1. The summed E-state index contributed by atoms with van der Waals surface area (Å²) in [5.41, 5.74) is 1.59. The van der Waals surface area contributed by atoms with Crippen molar-refractivity contribution in [2.75, 3.05) is 0 Å². The van der Waals surface area contributed by atoms with Crippen molar-refractivity contribution in [3.8, 4) is 0 Å². The summed E-state index contributed by atoms with van der Waals surface area (Å²) in [5, 5.41) is 5.36. The maximum atomic E-state index is 8.67. The molecule has 21 heteroatoms.